The van der Waals surface area contributed by atoms with Crippen LogP contribution in [-0.4, -0.2) is 29.9 Å². The number of rotatable bonds is 8. The molecule has 1 unspecified atom stereocenters. The second-order valence-electron chi connectivity index (χ2n) is 5.69. The Labute approximate surface area is 122 Å². The number of nitrogens with one attached hydrogen (secondary N) is 1. The van der Waals surface area contributed by atoms with E-state index in [0.717, 1.165) is 19.6 Å². The number of hydrogen-bond acceptors (Lipinski definition) is 2. The van der Waals surface area contributed by atoms with Gasteiger partial charge in [-0.15, -0.1) is 0 Å². The molecule has 1 fully saturated rings. The Balaban J connectivity index is 1.98. The third-order valence-electron chi connectivity index (χ3n) is 4.08. The van der Waals surface area contributed by atoms with E-state index in [1.165, 1.54) is 18.4 Å². The van der Waals surface area contributed by atoms with Crippen molar-refractivity contribution in [2.24, 2.45) is 5.92 Å². The Morgan fingerprint density at radius 3 is 2.65 bits per heavy atom. The van der Waals surface area contributed by atoms with E-state index < -0.39 is 0 Å². The van der Waals surface area contributed by atoms with Crippen molar-refractivity contribution in [2.45, 2.75) is 45.7 Å². The molecule has 1 aliphatic carbocycles. The lowest BCUT2D eigenvalue weighted by Crippen LogP contribution is -2.40. The van der Waals surface area contributed by atoms with Crippen molar-refractivity contribution in [3.8, 4) is 0 Å². The van der Waals surface area contributed by atoms with Crippen molar-refractivity contribution in [1.29, 1.82) is 0 Å². The molecular formula is C17H26N2O. The standard InChI is InChI=1S/C17H26N2O/c1-3-18-12-11-17(20)19(14(2)16-9-10-16)13-15-7-5-4-6-8-15/h4-8,14,16,18H,3,9-13H2,1-2H3. The molecule has 0 saturated heterocycles. The van der Waals surface area contributed by atoms with Crippen LogP contribution >= 0.6 is 0 Å². The minimum atomic E-state index is 0.272. The van der Waals surface area contributed by atoms with Gasteiger partial charge < -0.3 is 10.2 Å². The van der Waals surface area contributed by atoms with Crippen LogP contribution in [0, 0.1) is 5.92 Å². The molecule has 110 valence electrons. The molecule has 1 atom stereocenters. The molecule has 1 N–H and O–H groups in total. The highest BCUT2D eigenvalue weighted by molar-refractivity contribution is 5.76. The van der Waals surface area contributed by atoms with E-state index in [1.807, 2.05) is 18.2 Å². The van der Waals surface area contributed by atoms with Gasteiger partial charge in [-0.25, -0.2) is 0 Å². The van der Waals surface area contributed by atoms with Crippen LogP contribution in [0.4, 0.5) is 0 Å². The van der Waals surface area contributed by atoms with Crippen LogP contribution in [0.3, 0.4) is 0 Å². The predicted octanol–water partition coefficient (Wildman–Crippen LogP) is 2.81. The Bertz CT molecular complexity index is 414. The topological polar surface area (TPSA) is 32.3 Å². The molecule has 1 saturated carbocycles. The number of amides is 1. The summed E-state index contributed by atoms with van der Waals surface area (Å²) in [6.45, 7) is 6.70. The van der Waals surface area contributed by atoms with Crippen LogP contribution in [0.25, 0.3) is 0 Å². The lowest BCUT2D eigenvalue weighted by Gasteiger charge is -2.30. The summed E-state index contributed by atoms with van der Waals surface area (Å²) in [4.78, 5) is 14.6. The lowest BCUT2D eigenvalue weighted by molar-refractivity contribution is -0.134. The molecule has 0 radical (unpaired) electrons. The summed E-state index contributed by atoms with van der Waals surface area (Å²) in [6.07, 6.45) is 3.14. The van der Waals surface area contributed by atoms with E-state index in [1.54, 1.807) is 0 Å². The van der Waals surface area contributed by atoms with Gasteiger partial charge in [0.2, 0.25) is 5.91 Å². The van der Waals surface area contributed by atoms with Gasteiger partial charge in [0.05, 0.1) is 0 Å². The van der Waals surface area contributed by atoms with Crippen LogP contribution in [-0.2, 0) is 11.3 Å². The molecule has 1 aromatic carbocycles. The van der Waals surface area contributed by atoms with Crippen molar-refractivity contribution in [3.63, 3.8) is 0 Å². The number of carbonyl (C=O) groups is 1. The van der Waals surface area contributed by atoms with Crippen molar-refractivity contribution >= 4 is 5.91 Å². The maximum Gasteiger partial charge on any atom is 0.224 e. The molecule has 1 aromatic rings. The highest BCUT2D eigenvalue weighted by atomic mass is 16.2. The Hall–Kier alpha value is -1.35. The molecule has 0 bridgehead atoms. The molecular weight excluding hydrogens is 248 g/mol. The van der Waals surface area contributed by atoms with Gasteiger partial charge in [0.15, 0.2) is 0 Å². The molecule has 0 aromatic heterocycles. The Morgan fingerprint density at radius 2 is 2.05 bits per heavy atom. The van der Waals surface area contributed by atoms with E-state index in [4.69, 9.17) is 0 Å². The maximum absolute atomic E-state index is 12.5. The summed E-state index contributed by atoms with van der Waals surface area (Å²) < 4.78 is 0. The van der Waals surface area contributed by atoms with E-state index in [-0.39, 0.29) is 5.91 Å². The SMILES string of the molecule is CCNCCC(=O)N(Cc1ccccc1)C(C)C1CC1. The van der Waals surface area contributed by atoms with Gasteiger partial charge >= 0.3 is 0 Å². The fourth-order valence-electron chi connectivity index (χ4n) is 2.59. The van der Waals surface area contributed by atoms with Gasteiger partial charge in [0.1, 0.15) is 0 Å². The summed E-state index contributed by atoms with van der Waals surface area (Å²) in [6, 6.07) is 10.7. The first-order valence-corrected chi connectivity index (χ1v) is 7.76. The summed E-state index contributed by atoms with van der Waals surface area (Å²) in [5, 5.41) is 3.23. The van der Waals surface area contributed by atoms with Crippen LogP contribution in [0.2, 0.25) is 0 Å². The molecule has 3 nitrogen and oxygen atoms in total. The minimum Gasteiger partial charge on any atom is -0.335 e. The zero-order chi connectivity index (χ0) is 14.4. The highest BCUT2D eigenvalue weighted by Gasteiger charge is 2.33. The van der Waals surface area contributed by atoms with Crippen LogP contribution in [0.15, 0.2) is 30.3 Å². The first kappa shape index (κ1) is 15.0. The summed E-state index contributed by atoms with van der Waals surface area (Å²) in [7, 11) is 0. The molecule has 2 rings (SSSR count). The zero-order valence-electron chi connectivity index (χ0n) is 12.6. The molecule has 0 spiro atoms. The number of carbonyl (C=O) groups excluding carboxylic acids is 1. The van der Waals surface area contributed by atoms with E-state index >= 15 is 0 Å². The average molecular weight is 274 g/mol. The third-order valence-corrected chi connectivity index (χ3v) is 4.08. The Morgan fingerprint density at radius 1 is 1.35 bits per heavy atom. The molecule has 0 heterocycles. The largest absolute Gasteiger partial charge is 0.335 e. The predicted molar refractivity (Wildman–Crippen MR) is 82.3 cm³/mol. The third kappa shape index (κ3) is 4.34. The van der Waals surface area contributed by atoms with Gasteiger partial charge in [-0.2, -0.15) is 0 Å². The zero-order valence-corrected chi connectivity index (χ0v) is 12.6. The van der Waals surface area contributed by atoms with Gasteiger partial charge in [0, 0.05) is 25.6 Å². The van der Waals surface area contributed by atoms with Crippen LogP contribution in [0.1, 0.15) is 38.7 Å². The number of benzene rings is 1. The second-order valence-corrected chi connectivity index (χ2v) is 5.69. The van der Waals surface area contributed by atoms with Crippen molar-refractivity contribution in [3.05, 3.63) is 35.9 Å². The molecule has 1 aliphatic rings. The number of nitrogens with zero attached hydrogens (tertiary/aromatic N) is 1. The number of hydrogen-bond donors (Lipinski definition) is 1. The van der Waals surface area contributed by atoms with E-state index in [2.05, 4.69) is 36.2 Å². The lowest BCUT2D eigenvalue weighted by atomic mass is 10.1. The van der Waals surface area contributed by atoms with Crippen molar-refractivity contribution < 1.29 is 4.79 Å². The molecule has 0 aliphatic heterocycles. The van der Waals surface area contributed by atoms with Crippen molar-refractivity contribution in [2.75, 3.05) is 13.1 Å². The van der Waals surface area contributed by atoms with Crippen LogP contribution in [0.5, 0.6) is 0 Å². The minimum absolute atomic E-state index is 0.272. The van der Waals surface area contributed by atoms with Crippen molar-refractivity contribution in [1.82, 2.24) is 10.2 Å². The van der Waals surface area contributed by atoms with Gasteiger partial charge in [-0.05, 0) is 37.8 Å². The summed E-state index contributed by atoms with van der Waals surface area (Å²) in [5.74, 6) is 0.982. The first-order valence-electron chi connectivity index (χ1n) is 7.76. The Kier molecular flexibility index (Phi) is 5.60. The van der Waals surface area contributed by atoms with E-state index in [9.17, 15) is 4.79 Å². The van der Waals surface area contributed by atoms with Gasteiger partial charge in [-0.1, -0.05) is 37.3 Å². The quantitative estimate of drug-likeness (QED) is 0.739. The highest BCUT2D eigenvalue weighted by Crippen LogP contribution is 2.35. The molecule has 20 heavy (non-hydrogen) atoms. The normalized spacial score (nSPS) is 15.9. The van der Waals surface area contributed by atoms with Crippen LogP contribution < -0.4 is 5.32 Å². The second kappa shape index (κ2) is 7.44. The molecule has 3 heteroatoms. The fraction of sp³-hybridized carbons (Fsp3) is 0.588. The smallest absolute Gasteiger partial charge is 0.224 e. The summed E-state index contributed by atoms with van der Waals surface area (Å²) >= 11 is 0. The average Bonchev–Trinajstić information content (AvgIpc) is 3.30. The fourth-order valence-corrected chi connectivity index (χ4v) is 2.59. The first-order chi connectivity index (χ1) is 9.72. The maximum atomic E-state index is 12.5. The molecule has 1 amide bonds. The van der Waals surface area contributed by atoms with E-state index in [0.29, 0.717) is 18.4 Å². The monoisotopic (exact) mass is 274 g/mol. The van der Waals surface area contributed by atoms with Gasteiger partial charge in [0.25, 0.3) is 0 Å². The van der Waals surface area contributed by atoms with Gasteiger partial charge in [-0.3, -0.25) is 4.79 Å². The summed E-state index contributed by atoms with van der Waals surface area (Å²) in [5.41, 5.74) is 1.22.